The first-order valence-electron chi connectivity index (χ1n) is 10.7. The van der Waals surface area contributed by atoms with Crippen LogP contribution in [0.3, 0.4) is 0 Å². The molecule has 0 bridgehead atoms. The molecule has 4 rings (SSSR count). The fraction of sp³-hybridized carbons (Fsp3) is 0.148. The molecule has 1 heterocycles. The maximum atomic E-state index is 12.6. The topological polar surface area (TPSA) is 93.1 Å². The summed E-state index contributed by atoms with van der Waals surface area (Å²) in [5, 5.41) is 9.17. The maximum absolute atomic E-state index is 12.6. The molecule has 0 fully saturated rings. The number of ether oxygens (including phenoxy) is 2. The fourth-order valence-corrected chi connectivity index (χ4v) is 3.80. The third kappa shape index (κ3) is 4.54. The number of amides is 2. The second kappa shape index (κ2) is 9.62. The first-order chi connectivity index (χ1) is 16.4. The Morgan fingerprint density at radius 2 is 1.50 bits per heavy atom. The molecular weight excluding hydrogens is 434 g/mol. The second-order valence-electron chi connectivity index (χ2n) is 7.83. The Labute approximate surface area is 196 Å². The van der Waals surface area contributed by atoms with Crippen molar-refractivity contribution in [1.82, 2.24) is 4.90 Å². The van der Waals surface area contributed by atoms with Crippen molar-refractivity contribution < 1.29 is 29.0 Å². The van der Waals surface area contributed by atoms with Crippen molar-refractivity contribution in [3.8, 4) is 11.5 Å². The van der Waals surface area contributed by atoms with E-state index < -0.39 is 12.1 Å². The standard InChI is InChI=1S/C27H23NO6/c1-17(16-28-25(29)21-8-4-5-9-22(21)26(28)30)34-23-10-6-3-7-18(23)11-12-19-13-14-20(27(31)32)15-24(19)33-2/h3-15,17H,16H2,1-2H3,(H,31,32). The zero-order valence-electron chi connectivity index (χ0n) is 18.7. The number of hydrogen-bond donors (Lipinski definition) is 1. The van der Waals surface area contributed by atoms with Gasteiger partial charge in [0.05, 0.1) is 30.3 Å². The van der Waals surface area contributed by atoms with E-state index in [0.717, 1.165) is 5.56 Å². The van der Waals surface area contributed by atoms with Gasteiger partial charge in [0.15, 0.2) is 0 Å². The highest BCUT2D eigenvalue weighted by atomic mass is 16.5. The Balaban J connectivity index is 1.50. The van der Waals surface area contributed by atoms with Gasteiger partial charge < -0.3 is 14.6 Å². The molecule has 1 atom stereocenters. The van der Waals surface area contributed by atoms with E-state index in [1.54, 1.807) is 37.3 Å². The number of carbonyl (C=O) groups is 3. The maximum Gasteiger partial charge on any atom is 0.335 e. The summed E-state index contributed by atoms with van der Waals surface area (Å²) in [6.45, 7) is 1.92. The molecule has 3 aromatic rings. The summed E-state index contributed by atoms with van der Waals surface area (Å²) >= 11 is 0. The normalized spacial score (nSPS) is 13.8. The Bertz CT molecular complexity index is 1260. The van der Waals surface area contributed by atoms with Crippen LogP contribution in [-0.4, -0.2) is 47.5 Å². The lowest BCUT2D eigenvalue weighted by Crippen LogP contribution is -2.38. The number of aromatic carboxylic acids is 1. The number of carboxylic acids is 1. The molecule has 1 unspecified atom stereocenters. The van der Waals surface area contributed by atoms with Gasteiger partial charge in [0.1, 0.15) is 17.6 Å². The van der Waals surface area contributed by atoms with Crippen molar-refractivity contribution in [2.24, 2.45) is 0 Å². The molecule has 0 saturated heterocycles. The first kappa shape index (κ1) is 22.8. The van der Waals surface area contributed by atoms with Crippen molar-refractivity contribution in [1.29, 1.82) is 0 Å². The van der Waals surface area contributed by atoms with Crippen LogP contribution in [0.2, 0.25) is 0 Å². The summed E-state index contributed by atoms with van der Waals surface area (Å²) in [6.07, 6.45) is 3.20. The number of fused-ring (bicyclic) bond motifs is 1. The van der Waals surface area contributed by atoms with Gasteiger partial charge in [-0.2, -0.15) is 0 Å². The molecule has 172 valence electrons. The van der Waals surface area contributed by atoms with Crippen LogP contribution < -0.4 is 9.47 Å². The van der Waals surface area contributed by atoms with Gasteiger partial charge in [0.25, 0.3) is 11.8 Å². The van der Waals surface area contributed by atoms with Gasteiger partial charge in [0, 0.05) is 11.1 Å². The summed E-state index contributed by atoms with van der Waals surface area (Å²) in [5.41, 5.74) is 2.44. The van der Waals surface area contributed by atoms with Gasteiger partial charge >= 0.3 is 5.97 Å². The smallest absolute Gasteiger partial charge is 0.335 e. The zero-order valence-corrected chi connectivity index (χ0v) is 18.7. The lowest BCUT2D eigenvalue weighted by Gasteiger charge is -2.21. The molecule has 1 aliphatic heterocycles. The Morgan fingerprint density at radius 3 is 2.12 bits per heavy atom. The van der Waals surface area contributed by atoms with Gasteiger partial charge in [-0.25, -0.2) is 4.79 Å². The molecule has 7 heteroatoms. The van der Waals surface area contributed by atoms with Gasteiger partial charge in [-0.15, -0.1) is 0 Å². The minimum atomic E-state index is -1.03. The average molecular weight is 457 g/mol. The second-order valence-corrected chi connectivity index (χ2v) is 7.83. The number of benzene rings is 3. The number of carbonyl (C=O) groups excluding carboxylic acids is 2. The van der Waals surface area contributed by atoms with Crippen LogP contribution in [0.25, 0.3) is 12.2 Å². The highest BCUT2D eigenvalue weighted by Crippen LogP contribution is 2.27. The summed E-state index contributed by atoms with van der Waals surface area (Å²) in [7, 11) is 1.48. The molecule has 0 saturated carbocycles. The van der Waals surface area contributed by atoms with E-state index in [2.05, 4.69) is 0 Å². The number of para-hydroxylation sites is 1. The third-order valence-electron chi connectivity index (χ3n) is 5.49. The molecule has 34 heavy (non-hydrogen) atoms. The van der Waals surface area contributed by atoms with Crippen molar-refractivity contribution in [2.75, 3.05) is 13.7 Å². The highest BCUT2D eigenvalue weighted by molar-refractivity contribution is 6.21. The Hall–Kier alpha value is -4.39. The molecule has 0 spiro atoms. The number of rotatable bonds is 8. The summed E-state index contributed by atoms with van der Waals surface area (Å²) < 4.78 is 11.4. The van der Waals surface area contributed by atoms with E-state index in [9.17, 15) is 19.5 Å². The SMILES string of the molecule is COc1cc(C(=O)O)ccc1C=Cc1ccccc1OC(C)CN1C(=O)c2ccccc2C1=O. The quantitative estimate of drug-likeness (QED) is 0.392. The fourth-order valence-electron chi connectivity index (χ4n) is 3.80. The van der Waals surface area contributed by atoms with Crippen LogP contribution in [0, 0.1) is 0 Å². The van der Waals surface area contributed by atoms with Crippen LogP contribution in [-0.2, 0) is 0 Å². The van der Waals surface area contributed by atoms with E-state index in [1.807, 2.05) is 36.4 Å². The van der Waals surface area contributed by atoms with Crippen LogP contribution in [0.15, 0.2) is 66.7 Å². The Morgan fingerprint density at radius 1 is 0.912 bits per heavy atom. The molecular formula is C27H23NO6. The van der Waals surface area contributed by atoms with E-state index in [1.165, 1.54) is 24.1 Å². The summed E-state index contributed by atoms with van der Waals surface area (Å²) in [6, 6.07) is 18.8. The molecule has 3 aromatic carbocycles. The van der Waals surface area contributed by atoms with E-state index in [-0.39, 0.29) is 23.9 Å². The first-order valence-corrected chi connectivity index (χ1v) is 10.7. The minimum Gasteiger partial charge on any atom is -0.496 e. The molecule has 1 aliphatic rings. The van der Waals surface area contributed by atoms with Crippen LogP contribution in [0.5, 0.6) is 11.5 Å². The highest BCUT2D eigenvalue weighted by Gasteiger charge is 2.36. The lowest BCUT2D eigenvalue weighted by atomic mass is 10.1. The number of imide groups is 1. The summed E-state index contributed by atoms with van der Waals surface area (Å²) in [4.78, 5) is 37.7. The average Bonchev–Trinajstić information content (AvgIpc) is 3.08. The number of hydrogen-bond acceptors (Lipinski definition) is 5. The molecule has 2 amide bonds. The van der Waals surface area contributed by atoms with Gasteiger partial charge in [-0.3, -0.25) is 14.5 Å². The molecule has 7 nitrogen and oxygen atoms in total. The van der Waals surface area contributed by atoms with E-state index >= 15 is 0 Å². The van der Waals surface area contributed by atoms with Gasteiger partial charge in [-0.1, -0.05) is 48.6 Å². The predicted octanol–water partition coefficient (Wildman–Crippen LogP) is 4.63. The molecule has 0 radical (unpaired) electrons. The lowest BCUT2D eigenvalue weighted by molar-refractivity contribution is 0.0583. The number of carboxylic acid groups (broad SMARTS) is 1. The monoisotopic (exact) mass is 457 g/mol. The van der Waals surface area contributed by atoms with E-state index in [0.29, 0.717) is 28.2 Å². The van der Waals surface area contributed by atoms with Crippen molar-refractivity contribution in [2.45, 2.75) is 13.0 Å². The van der Waals surface area contributed by atoms with E-state index in [4.69, 9.17) is 9.47 Å². The summed E-state index contributed by atoms with van der Waals surface area (Å²) in [5.74, 6) is -0.639. The Kier molecular flexibility index (Phi) is 6.45. The van der Waals surface area contributed by atoms with Gasteiger partial charge in [0.2, 0.25) is 0 Å². The molecule has 1 N–H and O–H groups in total. The number of nitrogens with zero attached hydrogens (tertiary/aromatic N) is 1. The largest absolute Gasteiger partial charge is 0.496 e. The van der Waals surface area contributed by atoms with Crippen molar-refractivity contribution in [3.05, 3.63) is 94.5 Å². The predicted molar refractivity (Wildman–Crippen MR) is 127 cm³/mol. The molecule has 0 aliphatic carbocycles. The van der Waals surface area contributed by atoms with Crippen molar-refractivity contribution >= 4 is 29.9 Å². The van der Waals surface area contributed by atoms with Gasteiger partial charge in [-0.05, 0) is 37.3 Å². The van der Waals surface area contributed by atoms with Crippen LogP contribution in [0.4, 0.5) is 0 Å². The minimum absolute atomic E-state index is 0.120. The number of methoxy groups -OCH3 is 1. The van der Waals surface area contributed by atoms with Crippen LogP contribution >= 0.6 is 0 Å². The van der Waals surface area contributed by atoms with Crippen molar-refractivity contribution in [3.63, 3.8) is 0 Å². The zero-order chi connectivity index (χ0) is 24.2. The third-order valence-corrected chi connectivity index (χ3v) is 5.49. The molecule has 0 aromatic heterocycles. The van der Waals surface area contributed by atoms with Crippen LogP contribution in [0.1, 0.15) is 49.1 Å².